The van der Waals surface area contributed by atoms with Crippen LogP contribution in [0, 0.1) is 6.92 Å². The Kier molecular flexibility index (Phi) is 5.68. The Balaban J connectivity index is 1.25. The van der Waals surface area contributed by atoms with E-state index in [4.69, 9.17) is 4.74 Å². The molecule has 0 spiro atoms. The maximum atomic E-state index is 5.77. The number of likely N-dealkylation sites (tertiary alicyclic amines) is 1. The van der Waals surface area contributed by atoms with Crippen LogP contribution < -0.4 is 5.32 Å². The lowest BCUT2D eigenvalue weighted by Crippen LogP contribution is -2.44. The third-order valence-electron chi connectivity index (χ3n) is 5.68. The fourth-order valence-corrected chi connectivity index (χ4v) is 4.03. The van der Waals surface area contributed by atoms with Crippen molar-refractivity contribution in [2.24, 2.45) is 0 Å². The minimum absolute atomic E-state index is 0.478. The number of para-hydroxylation sites is 1. The zero-order valence-corrected chi connectivity index (χ0v) is 15.7. The summed E-state index contributed by atoms with van der Waals surface area (Å²) >= 11 is 0. The van der Waals surface area contributed by atoms with Crippen molar-refractivity contribution in [1.29, 1.82) is 0 Å². The van der Waals surface area contributed by atoms with Gasteiger partial charge in [0.25, 0.3) is 0 Å². The normalized spacial score (nSPS) is 22.1. The molecule has 1 unspecified atom stereocenters. The summed E-state index contributed by atoms with van der Waals surface area (Å²) < 4.78 is 7.76. The number of nitrogens with zero attached hydrogens (tertiary/aromatic N) is 3. The summed E-state index contributed by atoms with van der Waals surface area (Å²) in [7, 11) is 0. The van der Waals surface area contributed by atoms with E-state index in [-0.39, 0.29) is 0 Å². The van der Waals surface area contributed by atoms with Crippen molar-refractivity contribution >= 4 is 0 Å². The minimum atomic E-state index is 0.478. The van der Waals surface area contributed by atoms with Gasteiger partial charge in [-0.25, -0.2) is 4.68 Å². The van der Waals surface area contributed by atoms with E-state index < -0.39 is 0 Å². The number of ether oxygens (including phenoxy) is 1. The van der Waals surface area contributed by atoms with Crippen LogP contribution in [0.1, 0.15) is 36.9 Å². The fourth-order valence-electron chi connectivity index (χ4n) is 4.03. The van der Waals surface area contributed by atoms with E-state index in [1.54, 1.807) is 0 Å². The maximum absolute atomic E-state index is 5.77. The first-order chi connectivity index (χ1) is 12.8. The number of aryl methyl sites for hydroxylation is 1. The molecule has 2 aliphatic rings. The predicted molar refractivity (Wildman–Crippen MR) is 104 cm³/mol. The largest absolute Gasteiger partial charge is 0.377 e. The Morgan fingerprint density at radius 3 is 2.69 bits per heavy atom. The molecule has 5 heteroatoms. The zero-order valence-electron chi connectivity index (χ0n) is 15.7. The summed E-state index contributed by atoms with van der Waals surface area (Å²) in [5.74, 6) is 0. The average Bonchev–Trinajstić information content (AvgIpc) is 3.32. The molecule has 4 rings (SSSR count). The van der Waals surface area contributed by atoms with Crippen molar-refractivity contribution in [2.45, 2.75) is 51.3 Å². The topological polar surface area (TPSA) is 42.3 Å². The van der Waals surface area contributed by atoms with Crippen LogP contribution >= 0.6 is 0 Å². The predicted octanol–water partition coefficient (Wildman–Crippen LogP) is 2.91. The highest BCUT2D eigenvalue weighted by Crippen LogP contribution is 2.18. The minimum Gasteiger partial charge on any atom is -0.377 e. The van der Waals surface area contributed by atoms with Crippen LogP contribution in [0.2, 0.25) is 0 Å². The lowest BCUT2D eigenvalue weighted by molar-refractivity contribution is 0.0626. The number of hydrogen-bond acceptors (Lipinski definition) is 4. The Morgan fingerprint density at radius 1 is 1.15 bits per heavy atom. The summed E-state index contributed by atoms with van der Waals surface area (Å²) in [4.78, 5) is 2.58. The van der Waals surface area contributed by atoms with Gasteiger partial charge < -0.3 is 15.0 Å². The zero-order chi connectivity index (χ0) is 17.8. The molecule has 2 fully saturated rings. The van der Waals surface area contributed by atoms with E-state index in [1.165, 1.54) is 44.3 Å². The van der Waals surface area contributed by atoms with Crippen LogP contribution in [0.25, 0.3) is 5.69 Å². The molecule has 140 valence electrons. The molecular formula is C21H30N4O. The molecular weight excluding hydrogens is 324 g/mol. The average molecular weight is 354 g/mol. The van der Waals surface area contributed by atoms with E-state index in [2.05, 4.69) is 52.7 Å². The molecule has 26 heavy (non-hydrogen) atoms. The van der Waals surface area contributed by atoms with E-state index in [0.717, 1.165) is 31.1 Å². The molecule has 1 atom stereocenters. The molecule has 2 aromatic rings. The molecule has 1 aromatic heterocycles. The number of aromatic nitrogens is 2. The van der Waals surface area contributed by atoms with Crippen molar-refractivity contribution in [1.82, 2.24) is 20.0 Å². The monoisotopic (exact) mass is 354 g/mol. The molecule has 0 amide bonds. The lowest BCUT2D eigenvalue weighted by Gasteiger charge is -2.33. The maximum Gasteiger partial charge on any atom is 0.0702 e. The SMILES string of the molecule is Cc1nn(-c2ccccc2)cc1CNC1CCN(CC2CCCO2)CC1. The van der Waals surface area contributed by atoms with Crippen LogP contribution in [0.3, 0.4) is 0 Å². The van der Waals surface area contributed by atoms with Gasteiger partial charge in [-0.05, 0) is 57.8 Å². The van der Waals surface area contributed by atoms with E-state index in [9.17, 15) is 0 Å². The van der Waals surface area contributed by atoms with Crippen molar-refractivity contribution in [3.05, 3.63) is 47.8 Å². The van der Waals surface area contributed by atoms with Gasteiger partial charge >= 0.3 is 0 Å². The second-order valence-corrected chi connectivity index (χ2v) is 7.61. The van der Waals surface area contributed by atoms with Gasteiger partial charge in [0.05, 0.1) is 17.5 Å². The molecule has 2 saturated heterocycles. The molecule has 0 saturated carbocycles. The van der Waals surface area contributed by atoms with Gasteiger partial charge in [-0.1, -0.05) is 18.2 Å². The summed E-state index contributed by atoms with van der Waals surface area (Å²) in [6.07, 6.45) is 7.55. The van der Waals surface area contributed by atoms with Crippen molar-refractivity contribution in [3.63, 3.8) is 0 Å². The number of nitrogens with one attached hydrogen (secondary N) is 1. The van der Waals surface area contributed by atoms with Gasteiger partial charge in [0.1, 0.15) is 0 Å². The summed E-state index contributed by atoms with van der Waals surface area (Å²) in [5.41, 5.74) is 3.51. The van der Waals surface area contributed by atoms with Crippen molar-refractivity contribution in [2.75, 3.05) is 26.2 Å². The van der Waals surface area contributed by atoms with E-state index >= 15 is 0 Å². The first-order valence-electron chi connectivity index (χ1n) is 9.96. The van der Waals surface area contributed by atoms with E-state index in [1.807, 2.05) is 10.7 Å². The molecule has 2 aliphatic heterocycles. The third-order valence-corrected chi connectivity index (χ3v) is 5.68. The Morgan fingerprint density at radius 2 is 1.96 bits per heavy atom. The van der Waals surface area contributed by atoms with Gasteiger partial charge in [0.15, 0.2) is 0 Å². The summed E-state index contributed by atoms with van der Waals surface area (Å²) in [6.45, 7) is 7.43. The summed E-state index contributed by atoms with van der Waals surface area (Å²) in [6, 6.07) is 10.9. The Bertz CT molecular complexity index is 685. The Hall–Kier alpha value is -1.69. The third kappa shape index (κ3) is 4.34. The second-order valence-electron chi connectivity index (χ2n) is 7.61. The van der Waals surface area contributed by atoms with Crippen LogP contribution in [0.4, 0.5) is 0 Å². The van der Waals surface area contributed by atoms with E-state index in [0.29, 0.717) is 12.1 Å². The molecule has 1 aromatic carbocycles. The molecule has 5 nitrogen and oxygen atoms in total. The highest BCUT2D eigenvalue weighted by Gasteiger charge is 2.23. The lowest BCUT2D eigenvalue weighted by atomic mass is 10.0. The van der Waals surface area contributed by atoms with Gasteiger partial charge in [-0.15, -0.1) is 0 Å². The van der Waals surface area contributed by atoms with Crippen molar-refractivity contribution in [3.8, 4) is 5.69 Å². The molecule has 1 N–H and O–H groups in total. The summed E-state index contributed by atoms with van der Waals surface area (Å²) in [5, 5.41) is 8.42. The number of benzene rings is 1. The van der Waals surface area contributed by atoms with Gasteiger partial charge in [-0.3, -0.25) is 0 Å². The highest BCUT2D eigenvalue weighted by atomic mass is 16.5. The first-order valence-corrected chi connectivity index (χ1v) is 9.96. The molecule has 0 radical (unpaired) electrons. The number of piperidine rings is 1. The van der Waals surface area contributed by atoms with Gasteiger partial charge in [0.2, 0.25) is 0 Å². The first kappa shape index (κ1) is 17.7. The van der Waals surface area contributed by atoms with Crippen LogP contribution in [-0.4, -0.2) is 53.1 Å². The van der Waals surface area contributed by atoms with Crippen molar-refractivity contribution < 1.29 is 4.74 Å². The van der Waals surface area contributed by atoms with Crippen LogP contribution in [0.5, 0.6) is 0 Å². The second kappa shape index (κ2) is 8.33. The van der Waals surface area contributed by atoms with Crippen LogP contribution in [0.15, 0.2) is 36.5 Å². The fraction of sp³-hybridized carbons (Fsp3) is 0.571. The quantitative estimate of drug-likeness (QED) is 0.866. The number of hydrogen-bond donors (Lipinski definition) is 1. The highest BCUT2D eigenvalue weighted by molar-refractivity contribution is 5.32. The van der Waals surface area contributed by atoms with Gasteiger partial charge in [0, 0.05) is 37.5 Å². The number of rotatable bonds is 6. The molecule has 0 aliphatic carbocycles. The van der Waals surface area contributed by atoms with Gasteiger partial charge in [-0.2, -0.15) is 5.10 Å². The molecule has 3 heterocycles. The Labute approximate surface area is 156 Å². The smallest absolute Gasteiger partial charge is 0.0702 e. The van der Waals surface area contributed by atoms with Crippen LogP contribution in [-0.2, 0) is 11.3 Å². The standard InChI is InChI=1S/C21H30N4O/c1-17-18(15-25(23-17)20-6-3-2-4-7-20)14-22-19-9-11-24(12-10-19)16-21-8-5-13-26-21/h2-4,6-7,15,19,21-22H,5,8-14,16H2,1H3. The molecule has 0 bridgehead atoms.